The quantitative estimate of drug-likeness (QED) is 0.713. The summed E-state index contributed by atoms with van der Waals surface area (Å²) in [5, 5.41) is 2.83. The second-order valence-electron chi connectivity index (χ2n) is 7.39. The van der Waals surface area contributed by atoms with Crippen molar-refractivity contribution in [2.75, 3.05) is 18.4 Å². The van der Waals surface area contributed by atoms with E-state index in [4.69, 9.17) is 0 Å². The van der Waals surface area contributed by atoms with Gasteiger partial charge in [-0.1, -0.05) is 12.1 Å². The smallest absolute Gasteiger partial charge is 0.243 e. The number of anilines is 1. The molecule has 0 unspecified atom stereocenters. The Balaban J connectivity index is 1.62. The number of benzene rings is 2. The van der Waals surface area contributed by atoms with Gasteiger partial charge in [-0.2, -0.15) is 4.31 Å². The van der Waals surface area contributed by atoms with Crippen molar-refractivity contribution in [3.05, 3.63) is 59.7 Å². The van der Waals surface area contributed by atoms with Crippen molar-refractivity contribution in [3.8, 4) is 0 Å². The first-order valence-corrected chi connectivity index (χ1v) is 11.2. The number of nitrogens with zero attached hydrogens (tertiary/aromatic N) is 1. The van der Waals surface area contributed by atoms with Crippen LogP contribution in [0.4, 0.5) is 5.69 Å². The Morgan fingerprint density at radius 2 is 1.50 bits per heavy atom. The molecule has 158 valence electrons. The number of carbonyl (C=O) groups excluding carboxylic acids is 3. The van der Waals surface area contributed by atoms with Crippen LogP contribution in [-0.2, 0) is 14.8 Å². The van der Waals surface area contributed by atoms with Gasteiger partial charge in [0.1, 0.15) is 0 Å². The number of piperidine rings is 1. The van der Waals surface area contributed by atoms with Gasteiger partial charge < -0.3 is 5.32 Å². The summed E-state index contributed by atoms with van der Waals surface area (Å²) in [5.41, 5.74) is 1.52. The Hall–Kier alpha value is -2.84. The van der Waals surface area contributed by atoms with E-state index in [2.05, 4.69) is 5.32 Å². The number of Topliss-reactive ketones (excluding diaryl/α,β-unsaturated/α-hetero) is 2. The fraction of sp³-hybridized carbons (Fsp3) is 0.318. The maximum absolute atomic E-state index is 12.9. The van der Waals surface area contributed by atoms with Crippen LogP contribution in [0.5, 0.6) is 0 Å². The number of rotatable bonds is 6. The lowest BCUT2D eigenvalue weighted by Crippen LogP contribution is -2.41. The van der Waals surface area contributed by atoms with Gasteiger partial charge in [0.15, 0.2) is 11.6 Å². The van der Waals surface area contributed by atoms with Gasteiger partial charge in [0.25, 0.3) is 0 Å². The van der Waals surface area contributed by atoms with Gasteiger partial charge in [-0.05, 0) is 63.1 Å². The lowest BCUT2D eigenvalue weighted by molar-refractivity contribution is -0.120. The van der Waals surface area contributed by atoms with Crippen LogP contribution in [0.1, 0.15) is 47.4 Å². The fourth-order valence-electron chi connectivity index (χ4n) is 3.42. The van der Waals surface area contributed by atoms with E-state index in [9.17, 15) is 22.8 Å². The molecule has 2 aromatic carbocycles. The topological polar surface area (TPSA) is 101 Å². The van der Waals surface area contributed by atoms with Crippen LogP contribution < -0.4 is 5.32 Å². The minimum Gasteiger partial charge on any atom is -0.326 e. The van der Waals surface area contributed by atoms with Crippen molar-refractivity contribution < 1.29 is 22.8 Å². The summed E-state index contributed by atoms with van der Waals surface area (Å²) in [5.74, 6) is -0.706. The van der Waals surface area contributed by atoms with Gasteiger partial charge in [-0.3, -0.25) is 14.4 Å². The number of amides is 1. The third kappa shape index (κ3) is 4.83. The summed E-state index contributed by atoms with van der Waals surface area (Å²) in [4.78, 5) is 35.5. The van der Waals surface area contributed by atoms with E-state index in [1.165, 1.54) is 30.3 Å². The number of carbonyl (C=O) groups is 3. The van der Waals surface area contributed by atoms with Crippen molar-refractivity contribution >= 4 is 33.2 Å². The van der Waals surface area contributed by atoms with Gasteiger partial charge in [0.2, 0.25) is 15.9 Å². The number of hydrogen-bond acceptors (Lipinski definition) is 5. The molecule has 0 atom stereocenters. The molecule has 0 aliphatic carbocycles. The summed E-state index contributed by atoms with van der Waals surface area (Å²) >= 11 is 0. The molecule has 1 fully saturated rings. The molecule has 1 heterocycles. The number of nitrogens with one attached hydrogen (secondary N) is 1. The molecule has 2 aromatic rings. The Morgan fingerprint density at radius 1 is 0.900 bits per heavy atom. The molecule has 0 aromatic heterocycles. The molecule has 1 N–H and O–H groups in total. The van der Waals surface area contributed by atoms with Crippen molar-refractivity contribution in [1.82, 2.24) is 4.31 Å². The highest BCUT2D eigenvalue weighted by Gasteiger charge is 2.32. The van der Waals surface area contributed by atoms with E-state index in [0.29, 0.717) is 29.7 Å². The first-order chi connectivity index (χ1) is 14.2. The van der Waals surface area contributed by atoms with Gasteiger partial charge in [0, 0.05) is 35.8 Å². The molecule has 1 saturated heterocycles. The molecule has 3 rings (SSSR count). The van der Waals surface area contributed by atoms with Crippen LogP contribution in [0.15, 0.2) is 53.4 Å². The second kappa shape index (κ2) is 8.89. The Bertz CT molecular complexity index is 1070. The molecule has 1 aliphatic rings. The van der Waals surface area contributed by atoms with Crippen molar-refractivity contribution in [3.63, 3.8) is 0 Å². The minimum atomic E-state index is -3.72. The summed E-state index contributed by atoms with van der Waals surface area (Å²) in [6.45, 7) is 3.33. The maximum Gasteiger partial charge on any atom is 0.243 e. The zero-order chi connectivity index (χ0) is 21.9. The molecule has 0 saturated carbocycles. The number of ketones is 2. The molecular formula is C22H24N2O5S. The molecule has 0 bridgehead atoms. The van der Waals surface area contributed by atoms with Crippen LogP contribution in [0.3, 0.4) is 0 Å². The van der Waals surface area contributed by atoms with E-state index in [1.807, 2.05) is 0 Å². The van der Waals surface area contributed by atoms with Crippen LogP contribution in [0.2, 0.25) is 0 Å². The zero-order valence-corrected chi connectivity index (χ0v) is 17.7. The van der Waals surface area contributed by atoms with E-state index in [1.54, 1.807) is 36.4 Å². The standard InChI is InChI=1S/C22H24N2O5S/c1-15(25)17-6-8-20(9-7-17)23-22(27)18-10-12-24(13-11-18)30(28,29)21-5-3-4-19(14-21)16(2)26/h3-9,14,18H,10-13H2,1-2H3,(H,23,27). The predicted molar refractivity (Wildman–Crippen MR) is 113 cm³/mol. The first kappa shape index (κ1) is 21.9. The second-order valence-corrected chi connectivity index (χ2v) is 9.32. The van der Waals surface area contributed by atoms with Gasteiger partial charge in [0.05, 0.1) is 4.90 Å². The Morgan fingerprint density at radius 3 is 2.07 bits per heavy atom. The first-order valence-electron chi connectivity index (χ1n) is 9.71. The average molecular weight is 429 g/mol. The Labute approximate surface area is 176 Å². The lowest BCUT2D eigenvalue weighted by Gasteiger charge is -2.30. The summed E-state index contributed by atoms with van der Waals surface area (Å²) in [6, 6.07) is 12.7. The molecule has 1 aliphatic heterocycles. The highest BCUT2D eigenvalue weighted by atomic mass is 32.2. The molecule has 30 heavy (non-hydrogen) atoms. The molecule has 8 heteroatoms. The van der Waals surface area contributed by atoms with Crippen molar-refractivity contribution in [2.45, 2.75) is 31.6 Å². The third-order valence-electron chi connectivity index (χ3n) is 5.26. The third-order valence-corrected chi connectivity index (χ3v) is 7.16. The predicted octanol–water partition coefficient (Wildman–Crippen LogP) is 3.13. The summed E-state index contributed by atoms with van der Waals surface area (Å²) in [6.07, 6.45) is 0.811. The number of sulfonamides is 1. The molecule has 0 spiro atoms. The van der Waals surface area contributed by atoms with E-state index in [-0.39, 0.29) is 41.4 Å². The zero-order valence-electron chi connectivity index (χ0n) is 16.9. The summed E-state index contributed by atoms with van der Waals surface area (Å²) < 4.78 is 27.2. The average Bonchev–Trinajstić information content (AvgIpc) is 2.74. The van der Waals surface area contributed by atoms with Crippen LogP contribution in [-0.4, -0.2) is 43.3 Å². The van der Waals surface area contributed by atoms with E-state index >= 15 is 0 Å². The van der Waals surface area contributed by atoms with Crippen molar-refractivity contribution in [2.24, 2.45) is 5.92 Å². The molecule has 0 radical (unpaired) electrons. The number of hydrogen-bond donors (Lipinski definition) is 1. The highest BCUT2D eigenvalue weighted by Crippen LogP contribution is 2.25. The molecule has 1 amide bonds. The SMILES string of the molecule is CC(=O)c1ccc(NC(=O)C2CCN(S(=O)(=O)c3cccc(C(C)=O)c3)CC2)cc1. The van der Waals surface area contributed by atoms with Gasteiger partial charge in [-0.15, -0.1) is 0 Å². The summed E-state index contributed by atoms with van der Waals surface area (Å²) in [7, 11) is -3.72. The highest BCUT2D eigenvalue weighted by molar-refractivity contribution is 7.89. The van der Waals surface area contributed by atoms with Gasteiger partial charge >= 0.3 is 0 Å². The largest absolute Gasteiger partial charge is 0.326 e. The monoisotopic (exact) mass is 428 g/mol. The van der Waals surface area contributed by atoms with E-state index < -0.39 is 10.0 Å². The van der Waals surface area contributed by atoms with Crippen LogP contribution in [0.25, 0.3) is 0 Å². The lowest BCUT2D eigenvalue weighted by atomic mass is 9.97. The van der Waals surface area contributed by atoms with Crippen molar-refractivity contribution in [1.29, 1.82) is 0 Å². The van der Waals surface area contributed by atoms with Crippen LogP contribution in [0, 0.1) is 5.92 Å². The fourth-order valence-corrected chi connectivity index (χ4v) is 4.93. The van der Waals surface area contributed by atoms with Gasteiger partial charge in [-0.25, -0.2) is 8.42 Å². The minimum absolute atomic E-state index is 0.0460. The maximum atomic E-state index is 12.9. The Kier molecular flexibility index (Phi) is 6.48. The van der Waals surface area contributed by atoms with E-state index in [0.717, 1.165) is 0 Å². The normalized spacial score (nSPS) is 15.5. The molecule has 7 nitrogen and oxygen atoms in total. The van der Waals surface area contributed by atoms with Crippen LogP contribution >= 0.6 is 0 Å². The molecular weight excluding hydrogens is 404 g/mol.